The smallest absolute Gasteiger partial charge is 0.363 e. The van der Waals surface area contributed by atoms with Gasteiger partial charge in [0.15, 0.2) is 22.4 Å². The van der Waals surface area contributed by atoms with Crippen LogP contribution in [0.1, 0.15) is 68.7 Å². The lowest BCUT2D eigenvalue weighted by Gasteiger charge is -2.52. The summed E-state index contributed by atoms with van der Waals surface area (Å²) in [6.07, 6.45) is -4.20. The molecule has 0 saturated carbocycles. The minimum absolute atomic E-state index is 0.0903. The molecular weight excluding hydrogens is 526 g/mol. The summed E-state index contributed by atoms with van der Waals surface area (Å²) in [7, 11) is -4.98. The van der Waals surface area contributed by atoms with Gasteiger partial charge < -0.3 is 38.6 Å². The summed E-state index contributed by atoms with van der Waals surface area (Å²) in [5, 5.41) is 24.9. The Balaban J connectivity index is 2.66. The van der Waals surface area contributed by atoms with Gasteiger partial charge in [0.2, 0.25) is 5.91 Å². The van der Waals surface area contributed by atoms with E-state index in [1.54, 1.807) is 13.8 Å². The number of aliphatic hydroxyl groups excluding tert-OH is 1. The van der Waals surface area contributed by atoms with Crippen molar-refractivity contribution in [1.29, 1.82) is 0 Å². The van der Waals surface area contributed by atoms with Gasteiger partial charge in [-0.05, 0) is 50.1 Å². The number of aliphatic carboxylic acids is 1. The second-order valence-electron chi connectivity index (χ2n) is 12.7. The van der Waals surface area contributed by atoms with E-state index in [4.69, 9.17) is 23.1 Å². The fraction of sp³-hybridized carbons (Fsp3) is 0.923. The van der Waals surface area contributed by atoms with E-state index in [1.807, 2.05) is 20.8 Å². The first-order chi connectivity index (χ1) is 17.3. The summed E-state index contributed by atoms with van der Waals surface area (Å²) in [5.74, 6) is -4.57. The maximum atomic E-state index is 13.0. The molecule has 2 aliphatic heterocycles. The van der Waals surface area contributed by atoms with Gasteiger partial charge in [-0.2, -0.15) is 0 Å². The first-order valence-corrected chi connectivity index (χ1v) is 19.3. The van der Waals surface area contributed by atoms with E-state index in [0.717, 1.165) is 0 Å². The molecule has 6 atom stereocenters. The molecule has 0 aromatic rings. The Morgan fingerprint density at radius 2 is 1.66 bits per heavy atom. The molecule has 0 aromatic heterocycles. The molecule has 2 saturated heterocycles. The third-order valence-corrected chi connectivity index (χ3v) is 17.7. The maximum Gasteiger partial charge on any atom is 0.363 e. The SMILES string of the molecule is CC[Si](CC)(CC)O[C@@]1(C(=O)O)C[C@H](O[Si](C)(C)C(C)(C)C)[C@@H](NC(C)=O)[C@H]([C@H](O)[C@H]2COC(C)(C)O2)O1. The lowest BCUT2D eigenvalue weighted by atomic mass is 9.88. The minimum Gasteiger partial charge on any atom is -0.477 e. The van der Waals surface area contributed by atoms with Crippen LogP contribution in [0.2, 0.25) is 36.3 Å². The van der Waals surface area contributed by atoms with Crippen LogP contribution >= 0.6 is 0 Å². The van der Waals surface area contributed by atoms with Crippen molar-refractivity contribution in [3.05, 3.63) is 0 Å². The summed E-state index contributed by atoms with van der Waals surface area (Å²) in [6, 6.07) is 1.30. The van der Waals surface area contributed by atoms with Crippen LogP contribution < -0.4 is 5.32 Å². The first-order valence-electron chi connectivity index (χ1n) is 13.8. The number of carbonyl (C=O) groups is 2. The number of carboxylic acid groups (broad SMARTS) is 1. The number of hydrogen-bond acceptors (Lipinski definition) is 8. The largest absolute Gasteiger partial charge is 0.477 e. The Labute approximate surface area is 230 Å². The van der Waals surface area contributed by atoms with Crippen LogP contribution in [0.25, 0.3) is 0 Å². The fourth-order valence-electron chi connectivity index (χ4n) is 4.97. The molecule has 0 unspecified atom stereocenters. The van der Waals surface area contributed by atoms with E-state index in [-0.39, 0.29) is 24.0 Å². The molecule has 0 aromatic carbocycles. The summed E-state index contributed by atoms with van der Waals surface area (Å²) < 4.78 is 31.3. The summed E-state index contributed by atoms with van der Waals surface area (Å²) in [6.45, 7) is 21.4. The zero-order chi connectivity index (χ0) is 29.3. The minimum atomic E-state index is -2.51. The van der Waals surface area contributed by atoms with E-state index in [9.17, 15) is 19.8 Å². The van der Waals surface area contributed by atoms with Crippen molar-refractivity contribution in [2.45, 2.75) is 147 Å². The highest BCUT2D eigenvalue weighted by Crippen LogP contribution is 2.44. The van der Waals surface area contributed by atoms with Gasteiger partial charge in [-0.15, -0.1) is 0 Å². The summed E-state index contributed by atoms with van der Waals surface area (Å²) in [4.78, 5) is 25.4. The Bertz CT molecular complexity index is 835. The number of aliphatic hydroxyl groups is 1. The highest BCUT2D eigenvalue weighted by molar-refractivity contribution is 6.74. The van der Waals surface area contributed by atoms with E-state index in [2.05, 4.69) is 39.2 Å². The number of amides is 1. The highest BCUT2D eigenvalue weighted by atomic mass is 28.4. The summed E-state index contributed by atoms with van der Waals surface area (Å²) >= 11 is 0. The number of hydrogen-bond donors (Lipinski definition) is 3. The topological polar surface area (TPSA) is 133 Å². The molecule has 222 valence electrons. The number of ether oxygens (including phenoxy) is 3. The molecule has 0 spiro atoms. The molecule has 2 heterocycles. The molecular formula is C26H51NO9Si2. The third kappa shape index (κ3) is 7.25. The van der Waals surface area contributed by atoms with E-state index < -0.39 is 64.6 Å². The highest BCUT2D eigenvalue weighted by Gasteiger charge is 2.60. The average Bonchev–Trinajstić information content (AvgIpc) is 3.17. The first kappa shape index (κ1) is 33.3. The van der Waals surface area contributed by atoms with Crippen LogP contribution in [0, 0.1) is 0 Å². The lowest BCUT2D eigenvalue weighted by Crippen LogP contribution is -2.71. The zero-order valence-electron chi connectivity index (χ0n) is 25.2. The second-order valence-corrected chi connectivity index (χ2v) is 22.1. The molecule has 3 N–H and O–H groups in total. The van der Waals surface area contributed by atoms with Gasteiger partial charge in [0.25, 0.3) is 5.79 Å². The van der Waals surface area contributed by atoms with Crippen molar-refractivity contribution in [2.24, 2.45) is 0 Å². The van der Waals surface area contributed by atoms with Gasteiger partial charge in [0, 0.05) is 13.3 Å². The van der Waals surface area contributed by atoms with E-state index in [0.29, 0.717) is 18.1 Å². The normalized spacial score (nSPS) is 31.2. The number of carboxylic acids is 1. The van der Waals surface area contributed by atoms with Crippen molar-refractivity contribution >= 4 is 28.5 Å². The van der Waals surface area contributed by atoms with E-state index >= 15 is 0 Å². The van der Waals surface area contributed by atoms with Crippen molar-refractivity contribution in [3.8, 4) is 0 Å². The molecule has 2 aliphatic rings. The Hall–Kier alpha value is -0.866. The predicted octanol–water partition coefficient (Wildman–Crippen LogP) is 3.99. The van der Waals surface area contributed by atoms with Crippen LogP contribution in [0.3, 0.4) is 0 Å². The van der Waals surface area contributed by atoms with Gasteiger partial charge in [-0.3, -0.25) is 4.79 Å². The third-order valence-electron chi connectivity index (χ3n) is 8.56. The molecule has 2 rings (SSSR count). The Morgan fingerprint density at radius 3 is 2.05 bits per heavy atom. The summed E-state index contributed by atoms with van der Waals surface area (Å²) in [5.41, 5.74) is 0. The molecule has 0 radical (unpaired) electrons. The standard InChI is InChI=1S/C26H51NO9Si2/c1-12-38(13-2,14-3)36-26(23(30)31)15-18(35-37(10,11)24(5,6)7)20(27-17(4)28)22(34-26)21(29)19-16-32-25(8,9)33-19/h18-22,29H,12-16H2,1-11H3,(H,27,28)(H,30,31)/t18-,19+,20+,21+,22+,26+/m0/s1. The van der Waals surface area contributed by atoms with Crippen molar-refractivity contribution in [3.63, 3.8) is 0 Å². The van der Waals surface area contributed by atoms with Gasteiger partial charge in [-0.25, -0.2) is 4.79 Å². The molecule has 2 fully saturated rings. The monoisotopic (exact) mass is 577 g/mol. The van der Waals surface area contributed by atoms with Crippen molar-refractivity contribution in [1.82, 2.24) is 5.32 Å². The number of carbonyl (C=O) groups excluding carboxylic acids is 1. The van der Waals surface area contributed by atoms with Crippen molar-refractivity contribution in [2.75, 3.05) is 6.61 Å². The van der Waals surface area contributed by atoms with Gasteiger partial charge in [0.1, 0.15) is 18.3 Å². The quantitative estimate of drug-likeness (QED) is 0.312. The molecule has 10 nitrogen and oxygen atoms in total. The predicted molar refractivity (Wildman–Crippen MR) is 149 cm³/mol. The zero-order valence-corrected chi connectivity index (χ0v) is 27.2. The molecule has 1 amide bonds. The molecule has 0 aliphatic carbocycles. The fourth-order valence-corrected chi connectivity index (χ4v) is 9.16. The van der Waals surface area contributed by atoms with Crippen LogP contribution in [0.5, 0.6) is 0 Å². The van der Waals surface area contributed by atoms with Gasteiger partial charge >= 0.3 is 5.97 Å². The van der Waals surface area contributed by atoms with E-state index in [1.165, 1.54) is 6.92 Å². The van der Waals surface area contributed by atoms with Crippen molar-refractivity contribution < 1.29 is 42.9 Å². The molecule has 12 heteroatoms. The second kappa shape index (κ2) is 11.9. The van der Waals surface area contributed by atoms with Crippen LogP contribution in [0.4, 0.5) is 0 Å². The van der Waals surface area contributed by atoms with Crippen LogP contribution in [0.15, 0.2) is 0 Å². The Morgan fingerprint density at radius 1 is 1.11 bits per heavy atom. The Kier molecular flexibility index (Phi) is 10.5. The van der Waals surface area contributed by atoms with Crippen LogP contribution in [-0.4, -0.2) is 87.4 Å². The maximum absolute atomic E-state index is 13.0. The molecule has 38 heavy (non-hydrogen) atoms. The average molecular weight is 578 g/mol. The van der Waals surface area contributed by atoms with Gasteiger partial charge in [-0.1, -0.05) is 41.5 Å². The van der Waals surface area contributed by atoms with Gasteiger partial charge in [0.05, 0.1) is 18.8 Å². The van der Waals surface area contributed by atoms with Crippen LogP contribution in [-0.2, 0) is 32.7 Å². The lowest BCUT2D eigenvalue weighted by molar-refractivity contribution is -0.287. The number of nitrogens with one attached hydrogen (secondary N) is 1. The molecule has 0 bridgehead atoms. The number of rotatable bonds is 11.